The monoisotopic (exact) mass is 345 g/mol. The fraction of sp³-hybridized carbons (Fsp3) is 0.125. The van der Waals surface area contributed by atoms with Gasteiger partial charge in [0.25, 0.3) is 0 Å². The van der Waals surface area contributed by atoms with Gasteiger partial charge in [-0.15, -0.1) is 11.3 Å². The molecular weight excluding hydrogens is 336 g/mol. The number of halogens is 2. The number of nitrogens with zero attached hydrogens (tertiary/aromatic N) is 3. The van der Waals surface area contributed by atoms with Crippen LogP contribution in [0.1, 0.15) is 27.2 Å². The molecule has 0 unspecified atom stereocenters. The van der Waals surface area contributed by atoms with Crippen molar-refractivity contribution in [3.8, 4) is 17.3 Å². The third-order valence-corrected chi connectivity index (χ3v) is 4.16. The van der Waals surface area contributed by atoms with Gasteiger partial charge in [0.15, 0.2) is 5.92 Å². The lowest BCUT2D eigenvalue weighted by molar-refractivity contribution is 0.0943. The van der Waals surface area contributed by atoms with E-state index < -0.39 is 23.3 Å². The molecular formula is C16H9F2N3O2S. The Kier molecular flexibility index (Phi) is 4.18. The van der Waals surface area contributed by atoms with E-state index >= 15 is 0 Å². The number of rotatable bonds is 4. The van der Waals surface area contributed by atoms with Gasteiger partial charge in [-0.05, 0) is 19.1 Å². The minimum atomic E-state index is -1.23. The Bertz CT molecular complexity index is 938. The maximum Gasteiger partial charge on any atom is 0.224 e. The van der Waals surface area contributed by atoms with Gasteiger partial charge in [0, 0.05) is 11.4 Å². The van der Waals surface area contributed by atoms with Crippen LogP contribution in [-0.2, 0) is 0 Å². The second kappa shape index (κ2) is 6.29. The van der Waals surface area contributed by atoms with E-state index in [9.17, 15) is 18.8 Å². The molecule has 3 rings (SSSR count). The number of aromatic nitrogens is 2. The summed E-state index contributed by atoms with van der Waals surface area (Å²) in [6.07, 6.45) is 0. The predicted octanol–water partition coefficient (Wildman–Crippen LogP) is 3.87. The highest BCUT2D eigenvalue weighted by Gasteiger charge is 2.28. The maximum atomic E-state index is 13.8. The summed E-state index contributed by atoms with van der Waals surface area (Å²) < 4.78 is 32.5. The first-order valence-corrected chi connectivity index (χ1v) is 7.66. The van der Waals surface area contributed by atoms with Crippen LogP contribution in [0.15, 0.2) is 34.2 Å². The summed E-state index contributed by atoms with van der Waals surface area (Å²) in [6.45, 7) is 1.64. The van der Waals surface area contributed by atoms with Gasteiger partial charge < -0.3 is 4.52 Å². The fourth-order valence-electron chi connectivity index (χ4n) is 2.13. The molecule has 1 atom stereocenters. The van der Waals surface area contributed by atoms with Crippen LogP contribution in [0.4, 0.5) is 8.78 Å². The number of carbonyl (C=O) groups is 1. The zero-order valence-corrected chi connectivity index (χ0v) is 13.1. The molecule has 0 saturated heterocycles. The SMILES string of the molecule is Cc1cc(C(=O)[C@H](C#N)c2nc(-c3c(F)cccc3F)cs2)on1. The molecule has 5 nitrogen and oxygen atoms in total. The smallest absolute Gasteiger partial charge is 0.224 e. The lowest BCUT2D eigenvalue weighted by atomic mass is 10.0. The van der Waals surface area contributed by atoms with Crippen molar-refractivity contribution in [2.24, 2.45) is 0 Å². The molecule has 120 valence electrons. The van der Waals surface area contributed by atoms with Crippen LogP contribution in [0.25, 0.3) is 11.3 Å². The highest BCUT2D eigenvalue weighted by atomic mass is 32.1. The molecule has 0 radical (unpaired) electrons. The molecule has 0 aliphatic carbocycles. The summed E-state index contributed by atoms with van der Waals surface area (Å²) in [7, 11) is 0. The molecule has 0 saturated carbocycles. The van der Waals surface area contributed by atoms with E-state index in [0.717, 1.165) is 23.5 Å². The van der Waals surface area contributed by atoms with Gasteiger partial charge in [-0.2, -0.15) is 5.26 Å². The van der Waals surface area contributed by atoms with E-state index in [2.05, 4.69) is 10.1 Å². The second-order valence-electron chi connectivity index (χ2n) is 4.93. The maximum absolute atomic E-state index is 13.8. The summed E-state index contributed by atoms with van der Waals surface area (Å²) in [6, 6.07) is 6.73. The van der Waals surface area contributed by atoms with Crippen LogP contribution in [0.2, 0.25) is 0 Å². The Morgan fingerprint density at radius 1 is 1.38 bits per heavy atom. The van der Waals surface area contributed by atoms with E-state index in [1.807, 2.05) is 6.07 Å². The lowest BCUT2D eigenvalue weighted by Crippen LogP contribution is -2.10. The minimum Gasteiger partial charge on any atom is -0.353 e. The average Bonchev–Trinajstić information content (AvgIpc) is 3.17. The first-order chi connectivity index (χ1) is 11.5. The van der Waals surface area contributed by atoms with Gasteiger partial charge in [0.05, 0.1) is 23.0 Å². The third kappa shape index (κ3) is 2.81. The third-order valence-electron chi connectivity index (χ3n) is 3.25. The van der Waals surface area contributed by atoms with Gasteiger partial charge in [-0.25, -0.2) is 13.8 Å². The highest BCUT2D eigenvalue weighted by molar-refractivity contribution is 7.10. The van der Waals surface area contributed by atoms with Gasteiger partial charge in [0.1, 0.15) is 16.6 Å². The van der Waals surface area contributed by atoms with Crippen LogP contribution in [0, 0.1) is 29.9 Å². The Hall–Kier alpha value is -2.92. The van der Waals surface area contributed by atoms with Gasteiger partial charge in [-0.3, -0.25) is 4.79 Å². The molecule has 0 aliphatic rings. The Morgan fingerprint density at radius 2 is 2.08 bits per heavy atom. The molecule has 8 heteroatoms. The van der Waals surface area contributed by atoms with E-state index in [4.69, 9.17) is 4.52 Å². The number of hydrogen-bond donors (Lipinski definition) is 0. The van der Waals surface area contributed by atoms with Crippen molar-refractivity contribution in [3.63, 3.8) is 0 Å². The molecule has 0 aliphatic heterocycles. The zero-order valence-electron chi connectivity index (χ0n) is 12.3. The van der Waals surface area contributed by atoms with Crippen LogP contribution in [0.5, 0.6) is 0 Å². The quantitative estimate of drug-likeness (QED) is 0.671. The van der Waals surface area contributed by atoms with Crippen molar-refractivity contribution in [2.45, 2.75) is 12.8 Å². The predicted molar refractivity (Wildman–Crippen MR) is 81.4 cm³/mol. The van der Waals surface area contributed by atoms with Crippen LogP contribution in [-0.4, -0.2) is 15.9 Å². The van der Waals surface area contributed by atoms with Crippen LogP contribution >= 0.6 is 11.3 Å². The largest absolute Gasteiger partial charge is 0.353 e. The molecule has 0 amide bonds. The zero-order chi connectivity index (χ0) is 17.3. The highest BCUT2D eigenvalue weighted by Crippen LogP contribution is 2.31. The molecule has 3 aromatic rings. The van der Waals surface area contributed by atoms with Crippen molar-refractivity contribution in [3.05, 3.63) is 57.7 Å². The average molecular weight is 345 g/mol. The lowest BCUT2D eigenvalue weighted by Gasteiger charge is -2.02. The number of carbonyl (C=O) groups excluding carboxylic acids is 1. The number of hydrogen-bond acceptors (Lipinski definition) is 6. The first kappa shape index (κ1) is 16.0. The van der Waals surface area contributed by atoms with Gasteiger partial charge in [0.2, 0.25) is 11.5 Å². The number of benzene rings is 1. The van der Waals surface area contributed by atoms with Crippen molar-refractivity contribution < 1.29 is 18.1 Å². The summed E-state index contributed by atoms with van der Waals surface area (Å²) >= 11 is 0.974. The van der Waals surface area contributed by atoms with Crippen LogP contribution < -0.4 is 0 Å². The topological polar surface area (TPSA) is 79.8 Å². The number of aryl methyl sites for hydroxylation is 1. The summed E-state index contributed by atoms with van der Waals surface area (Å²) in [5.41, 5.74) is 0.246. The fourth-order valence-corrected chi connectivity index (χ4v) is 2.98. The summed E-state index contributed by atoms with van der Waals surface area (Å²) in [5, 5.41) is 14.4. The molecule has 0 bridgehead atoms. The molecule has 0 N–H and O–H groups in total. The Balaban J connectivity index is 1.97. The molecule has 0 spiro atoms. The molecule has 0 fully saturated rings. The number of nitriles is 1. The van der Waals surface area contributed by atoms with Crippen molar-refractivity contribution >= 4 is 17.1 Å². The van der Waals surface area contributed by atoms with Gasteiger partial charge in [-0.1, -0.05) is 11.2 Å². The van der Waals surface area contributed by atoms with Gasteiger partial charge >= 0.3 is 0 Å². The van der Waals surface area contributed by atoms with E-state index in [-0.39, 0.29) is 22.0 Å². The Labute approximate surface area is 139 Å². The summed E-state index contributed by atoms with van der Waals surface area (Å²) in [4.78, 5) is 16.4. The molecule has 1 aromatic carbocycles. The number of ketones is 1. The number of thiazole rings is 1. The van der Waals surface area contributed by atoms with Crippen LogP contribution in [0.3, 0.4) is 0 Å². The molecule has 2 heterocycles. The van der Waals surface area contributed by atoms with E-state index in [1.165, 1.54) is 17.5 Å². The van der Waals surface area contributed by atoms with Crippen molar-refractivity contribution in [2.75, 3.05) is 0 Å². The first-order valence-electron chi connectivity index (χ1n) is 6.78. The molecule has 24 heavy (non-hydrogen) atoms. The Morgan fingerprint density at radius 3 is 2.67 bits per heavy atom. The van der Waals surface area contributed by atoms with E-state index in [0.29, 0.717) is 5.69 Å². The number of Topliss-reactive ketones (excluding diaryl/α,β-unsaturated/α-hetero) is 1. The standard InChI is InChI=1S/C16H9F2N3O2S/c1-8-5-13(23-21-8)15(22)9(6-19)16-20-12(7-24-16)14-10(17)3-2-4-11(14)18/h2-5,7,9H,1H3/t9-/m0/s1. The summed E-state index contributed by atoms with van der Waals surface area (Å²) in [5.74, 6) is -3.43. The molecule has 2 aromatic heterocycles. The normalized spacial score (nSPS) is 11.9. The van der Waals surface area contributed by atoms with Crippen molar-refractivity contribution in [1.82, 2.24) is 10.1 Å². The van der Waals surface area contributed by atoms with Crippen molar-refractivity contribution in [1.29, 1.82) is 5.26 Å². The second-order valence-corrected chi connectivity index (χ2v) is 5.82. The minimum absolute atomic E-state index is 0.0346. The van der Waals surface area contributed by atoms with E-state index in [1.54, 1.807) is 6.92 Å².